The number of Topliss-reactive ketones (excluding diaryl/α,β-unsaturated/α-hetero) is 1. The zero-order valence-corrected chi connectivity index (χ0v) is 18.3. The van der Waals surface area contributed by atoms with E-state index in [1.165, 1.54) is 19.2 Å². The van der Waals surface area contributed by atoms with E-state index in [1.807, 2.05) is 18.2 Å². The fourth-order valence-corrected chi connectivity index (χ4v) is 4.86. The summed E-state index contributed by atoms with van der Waals surface area (Å²) in [5.74, 6) is -1.40. The molecule has 8 heteroatoms. The smallest absolute Gasteiger partial charge is 0.336 e. The van der Waals surface area contributed by atoms with Crippen LogP contribution in [-0.4, -0.2) is 23.8 Å². The first-order chi connectivity index (χ1) is 15.3. The van der Waals surface area contributed by atoms with Crippen molar-refractivity contribution >= 4 is 29.0 Å². The van der Waals surface area contributed by atoms with Crippen LogP contribution in [0.25, 0.3) is 0 Å². The molecule has 32 heavy (non-hydrogen) atoms. The number of carbonyl (C=O) groups excluding carboxylic acids is 2. The number of carbonyl (C=O) groups is 2. The van der Waals surface area contributed by atoms with Gasteiger partial charge in [0.05, 0.1) is 17.6 Å². The van der Waals surface area contributed by atoms with Crippen molar-refractivity contribution < 1.29 is 19.2 Å². The summed E-state index contributed by atoms with van der Waals surface area (Å²) in [7, 11) is 1.29. The number of ketones is 1. The highest BCUT2D eigenvalue weighted by Crippen LogP contribution is 2.46. The van der Waals surface area contributed by atoms with Crippen LogP contribution in [0, 0.1) is 10.1 Å². The standard InChI is InChI=1S/C24H21ClN2O5/c1-13-21(24(29)32-2)22(14-7-9-16(10-8-14)27(30)31)23-19(26-13)11-15(12-20(23)28)17-5-3-4-6-18(17)25/h3-10,15,22,26H,11-12H2,1-2H3/t15-,22-/m1/s1. The molecule has 0 unspecified atom stereocenters. The summed E-state index contributed by atoms with van der Waals surface area (Å²) in [6.07, 6.45) is 0.807. The molecular formula is C24H21ClN2O5. The molecule has 1 aliphatic heterocycles. The van der Waals surface area contributed by atoms with E-state index in [0.29, 0.717) is 33.9 Å². The number of ether oxygens (including phenoxy) is 1. The number of nitro groups is 1. The number of non-ortho nitro benzene ring substituents is 1. The van der Waals surface area contributed by atoms with E-state index in [9.17, 15) is 19.7 Å². The van der Waals surface area contributed by atoms with Crippen molar-refractivity contribution in [2.45, 2.75) is 31.6 Å². The van der Waals surface area contributed by atoms with Crippen LogP contribution in [0.15, 0.2) is 71.1 Å². The molecule has 1 heterocycles. The minimum Gasteiger partial charge on any atom is -0.466 e. The molecule has 0 saturated heterocycles. The molecule has 0 radical (unpaired) electrons. The molecule has 0 amide bonds. The fraction of sp³-hybridized carbons (Fsp3) is 0.250. The Morgan fingerprint density at radius 3 is 2.47 bits per heavy atom. The Bertz CT molecular complexity index is 1180. The van der Waals surface area contributed by atoms with Crippen molar-refractivity contribution in [3.8, 4) is 0 Å². The number of esters is 1. The highest BCUT2D eigenvalue weighted by molar-refractivity contribution is 6.31. The second-order valence-electron chi connectivity index (χ2n) is 7.88. The Hall–Kier alpha value is -3.45. The van der Waals surface area contributed by atoms with E-state index in [0.717, 1.165) is 11.3 Å². The molecule has 2 aromatic carbocycles. The van der Waals surface area contributed by atoms with Gasteiger partial charge >= 0.3 is 5.97 Å². The van der Waals surface area contributed by atoms with Gasteiger partial charge in [0, 0.05) is 46.5 Å². The lowest BCUT2D eigenvalue weighted by molar-refractivity contribution is -0.384. The van der Waals surface area contributed by atoms with Crippen molar-refractivity contribution in [3.05, 3.63) is 97.3 Å². The van der Waals surface area contributed by atoms with E-state index >= 15 is 0 Å². The normalized spacial score (nSPS) is 20.5. The van der Waals surface area contributed by atoms with Gasteiger partial charge in [-0.2, -0.15) is 0 Å². The van der Waals surface area contributed by atoms with Crippen LogP contribution in [0.5, 0.6) is 0 Å². The predicted octanol–water partition coefficient (Wildman–Crippen LogP) is 4.78. The quantitative estimate of drug-likeness (QED) is 0.407. The predicted molar refractivity (Wildman–Crippen MR) is 119 cm³/mol. The maximum atomic E-state index is 13.4. The summed E-state index contributed by atoms with van der Waals surface area (Å²) in [5, 5.41) is 14.9. The first kappa shape index (κ1) is 21.8. The molecule has 0 aromatic heterocycles. The Morgan fingerprint density at radius 2 is 1.84 bits per heavy atom. The number of halogens is 1. The first-order valence-corrected chi connectivity index (χ1v) is 10.5. The SMILES string of the molecule is COC(=O)C1=C(C)NC2=C(C(=O)C[C@H](c3ccccc3Cl)C2)[C@@H]1c1ccc([N+](=O)[O-])cc1. The molecule has 7 nitrogen and oxygen atoms in total. The summed E-state index contributed by atoms with van der Waals surface area (Å²) in [5.41, 5.74) is 3.60. The Kier molecular flexibility index (Phi) is 5.84. The number of benzene rings is 2. The average Bonchev–Trinajstić information content (AvgIpc) is 2.78. The van der Waals surface area contributed by atoms with Crippen LogP contribution in [0.2, 0.25) is 5.02 Å². The van der Waals surface area contributed by atoms with E-state index in [4.69, 9.17) is 16.3 Å². The lowest BCUT2D eigenvalue weighted by Crippen LogP contribution is -2.36. The van der Waals surface area contributed by atoms with Gasteiger partial charge in [0.15, 0.2) is 5.78 Å². The summed E-state index contributed by atoms with van der Waals surface area (Å²) in [4.78, 5) is 36.7. The number of hydrogen-bond acceptors (Lipinski definition) is 6. The maximum absolute atomic E-state index is 13.4. The number of nitrogens with zero attached hydrogens (tertiary/aromatic N) is 1. The Balaban J connectivity index is 1.81. The summed E-state index contributed by atoms with van der Waals surface area (Å²) < 4.78 is 5.00. The van der Waals surface area contributed by atoms with Crippen molar-refractivity contribution in [3.63, 3.8) is 0 Å². The second-order valence-corrected chi connectivity index (χ2v) is 8.29. The maximum Gasteiger partial charge on any atom is 0.336 e. The topological polar surface area (TPSA) is 98.5 Å². The van der Waals surface area contributed by atoms with Gasteiger partial charge in [0.25, 0.3) is 5.69 Å². The van der Waals surface area contributed by atoms with E-state index in [1.54, 1.807) is 25.1 Å². The van der Waals surface area contributed by atoms with Gasteiger partial charge in [-0.3, -0.25) is 14.9 Å². The molecule has 0 saturated carbocycles. The molecule has 0 spiro atoms. The average molecular weight is 453 g/mol. The molecule has 2 atom stereocenters. The third-order valence-electron chi connectivity index (χ3n) is 6.02. The molecule has 2 aromatic rings. The van der Waals surface area contributed by atoms with Crippen molar-refractivity contribution in [1.82, 2.24) is 5.32 Å². The van der Waals surface area contributed by atoms with E-state index in [2.05, 4.69) is 5.32 Å². The molecule has 4 rings (SSSR count). The molecule has 0 fully saturated rings. The van der Waals surface area contributed by atoms with Gasteiger partial charge in [-0.15, -0.1) is 0 Å². The number of dihydropyridines is 1. The highest BCUT2D eigenvalue weighted by Gasteiger charge is 2.41. The van der Waals surface area contributed by atoms with Gasteiger partial charge < -0.3 is 10.1 Å². The molecular weight excluding hydrogens is 432 g/mol. The zero-order chi connectivity index (χ0) is 23.0. The van der Waals surface area contributed by atoms with Crippen LogP contribution in [0.3, 0.4) is 0 Å². The lowest BCUT2D eigenvalue weighted by Gasteiger charge is -2.36. The molecule has 0 bridgehead atoms. The lowest BCUT2D eigenvalue weighted by atomic mass is 9.71. The zero-order valence-electron chi connectivity index (χ0n) is 17.6. The van der Waals surface area contributed by atoms with Gasteiger partial charge in [0.1, 0.15) is 0 Å². The van der Waals surface area contributed by atoms with Crippen molar-refractivity contribution in [2.24, 2.45) is 0 Å². The first-order valence-electron chi connectivity index (χ1n) is 10.1. The summed E-state index contributed by atoms with van der Waals surface area (Å²) >= 11 is 6.38. The molecule has 1 N–H and O–H groups in total. The third kappa shape index (κ3) is 3.80. The molecule has 1 aliphatic carbocycles. The number of nitro benzene ring substituents is 1. The van der Waals surface area contributed by atoms with E-state index in [-0.39, 0.29) is 23.8 Å². The summed E-state index contributed by atoms with van der Waals surface area (Å²) in [6, 6.07) is 13.4. The Labute approximate surface area is 189 Å². The van der Waals surface area contributed by atoms with Crippen LogP contribution in [-0.2, 0) is 14.3 Å². The largest absolute Gasteiger partial charge is 0.466 e. The van der Waals surface area contributed by atoms with Crippen LogP contribution in [0.1, 0.15) is 42.7 Å². The number of rotatable bonds is 4. The fourth-order valence-electron chi connectivity index (χ4n) is 4.57. The molecule has 2 aliphatic rings. The number of allylic oxidation sites excluding steroid dienone is 3. The van der Waals surface area contributed by atoms with Gasteiger partial charge in [0.2, 0.25) is 0 Å². The van der Waals surface area contributed by atoms with Gasteiger partial charge in [-0.1, -0.05) is 41.9 Å². The van der Waals surface area contributed by atoms with Gasteiger partial charge in [-0.05, 0) is 36.5 Å². The molecule has 164 valence electrons. The monoisotopic (exact) mass is 452 g/mol. The second kappa shape index (κ2) is 8.59. The minimum absolute atomic E-state index is 0.0639. The van der Waals surface area contributed by atoms with E-state index < -0.39 is 16.8 Å². The minimum atomic E-state index is -0.667. The number of methoxy groups -OCH3 is 1. The highest BCUT2D eigenvalue weighted by atomic mass is 35.5. The Morgan fingerprint density at radius 1 is 1.16 bits per heavy atom. The van der Waals surface area contributed by atoms with Crippen LogP contribution in [0.4, 0.5) is 5.69 Å². The van der Waals surface area contributed by atoms with Crippen molar-refractivity contribution in [1.29, 1.82) is 0 Å². The third-order valence-corrected chi connectivity index (χ3v) is 6.36. The van der Waals surface area contributed by atoms with Crippen LogP contribution >= 0.6 is 11.6 Å². The van der Waals surface area contributed by atoms with Crippen LogP contribution < -0.4 is 5.32 Å². The van der Waals surface area contributed by atoms with Gasteiger partial charge in [-0.25, -0.2) is 4.79 Å². The number of hydrogen-bond donors (Lipinski definition) is 1. The van der Waals surface area contributed by atoms with Crippen molar-refractivity contribution in [2.75, 3.05) is 7.11 Å². The summed E-state index contributed by atoms with van der Waals surface area (Å²) in [6.45, 7) is 1.76. The number of nitrogens with one attached hydrogen (secondary N) is 1.